The summed E-state index contributed by atoms with van der Waals surface area (Å²) in [7, 11) is 0. The van der Waals surface area contributed by atoms with Crippen LogP contribution in [0.3, 0.4) is 0 Å². The van der Waals surface area contributed by atoms with E-state index >= 15 is 0 Å². The van der Waals surface area contributed by atoms with Gasteiger partial charge in [-0.3, -0.25) is 28.7 Å². The van der Waals surface area contributed by atoms with E-state index in [1.165, 1.54) is 4.90 Å². The van der Waals surface area contributed by atoms with Crippen LogP contribution in [0.15, 0.2) is 59.0 Å². The van der Waals surface area contributed by atoms with Crippen molar-refractivity contribution in [2.24, 2.45) is 16.3 Å². The Kier molecular flexibility index (Phi) is 17.4. The summed E-state index contributed by atoms with van der Waals surface area (Å²) < 4.78 is 18.9. The number of carbonyl (C=O) groups excluding carboxylic acids is 4. The second-order valence-electron chi connectivity index (χ2n) is 18.6. The van der Waals surface area contributed by atoms with Crippen molar-refractivity contribution in [2.45, 2.75) is 92.6 Å². The van der Waals surface area contributed by atoms with Crippen molar-refractivity contribution in [1.29, 1.82) is 0 Å². The van der Waals surface area contributed by atoms with E-state index in [0.717, 1.165) is 54.0 Å². The molecule has 1 saturated heterocycles. The summed E-state index contributed by atoms with van der Waals surface area (Å²) in [6.45, 7) is 16.6. The number of aryl methyl sites for hydroxylation is 3. The van der Waals surface area contributed by atoms with Crippen LogP contribution in [0, 0.1) is 39.0 Å². The third kappa shape index (κ3) is 12.4. The lowest BCUT2D eigenvalue weighted by molar-refractivity contribution is -0.144. The van der Waals surface area contributed by atoms with Crippen LogP contribution in [0.1, 0.15) is 84.6 Å². The number of hydrogen-bond acceptors (Lipinski definition) is 14. The average molecular weight is 1020 g/mol. The van der Waals surface area contributed by atoms with Gasteiger partial charge in [0.15, 0.2) is 5.82 Å². The summed E-state index contributed by atoms with van der Waals surface area (Å²) in [6, 6.07) is 12.9. The summed E-state index contributed by atoms with van der Waals surface area (Å²) in [4.78, 5) is 67.2. The monoisotopic (exact) mass is 1020 g/mol. The molecule has 70 heavy (non-hydrogen) atoms. The van der Waals surface area contributed by atoms with Crippen molar-refractivity contribution in [2.75, 3.05) is 52.7 Å². The van der Waals surface area contributed by atoms with E-state index in [0.29, 0.717) is 16.7 Å². The van der Waals surface area contributed by atoms with Gasteiger partial charge in [0.2, 0.25) is 23.6 Å². The Hall–Kier alpha value is -5.41. The van der Waals surface area contributed by atoms with Gasteiger partial charge in [-0.15, -0.1) is 32.9 Å². The first-order valence-corrected chi connectivity index (χ1v) is 25.4. The predicted octanol–water partition coefficient (Wildman–Crippen LogP) is 5.84. The average Bonchev–Trinajstić information content (AvgIpc) is 4.09. The number of ether oxygens (including phenoxy) is 3. The van der Waals surface area contributed by atoms with Gasteiger partial charge in [-0.1, -0.05) is 75.7 Å². The van der Waals surface area contributed by atoms with E-state index in [2.05, 4.69) is 45.0 Å². The fourth-order valence-electron chi connectivity index (χ4n) is 8.43. The topological polar surface area (TPSA) is 211 Å². The number of aliphatic hydroxyl groups excluding tert-OH is 1. The van der Waals surface area contributed by atoms with Crippen molar-refractivity contribution in [3.8, 4) is 15.4 Å². The molecule has 5 aromatic rings. The predicted molar refractivity (Wildman–Crippen MR) is 270 cm³/mol. The van der Waals surface area contributed by atoms with E-state index in [1.807, 2.05) is 100 Å². The number of nitrogens with zero attached hydrogens (tertiary/aromatic N) is 6. The second-order valence-corrected chi connectivity index (χ2v) is 21.1. The molecule has 1 fully saturated rings. The Morgan fingerprint density at radius 2 is 1.57 bits per heavy atom. The molecule has 0 radical (unpaired) electrons. The molecule has 2 aliphatic rings. The van der Waals surface area contributed by atoms with Gasteiger partial charge >= 0.3 is 0 Å². The number of halogens is 1. The zero-order chi connectivity index (χ0) is 50.3. The lowest BCUT2D eigenvalue weighted by Crippen LogP contribution is -2.58. The largest absolute Gasteiger partial charge is 0.391 e. The highest BCUT2D eigenvalue weighted by Gasteiger charge is 2.44. The van der Waals surface area contributed by atoms with Crippen molar-refractivity contribution < 1.29 is 38.5 Å². The number of benzene rings is 2. The van der Waals surface area contributed by atoms with Gasteiger partial charge in [0.05, 0.1) is 66.8 Å². The standard InChI is InChI=1S/C50H62ClN9O8S2/c1-28-31(4)70-49-40(28)42(34-13-15-36(51)16-14-34)56-41(45-58-57-32(5)60(45)49)29(2)46(63)52-17-18-66-19-20-67-21-22-68-26-39(62)55-44(50(6,7)8)48(65)59-25-37(61)23-38(59)47(64)53-24-33-9-11-35(12-10-33)43-30(3)54-27-69-43/h9-16,27,29,37-38,41,44,61H,17-26H2,1-8H3,(H,52,63)(H,53,64)(H,55,62)/t29-,37-,38+,41+,44-/m1/s1. The third-order valence-corrected chi connectivity index (χ3v) is 14.9. The van der Waals surface area contributed by atoms with Gasteiger partial charge in [-0.2, -0.15) is 0 Å². The van der Waals surface area contributed by atoms with Gasteiger partial charge in [-0.25, -0.2) is 4.98 Å². The fraction of sp³-hybridized carbons (Fsp3) is 0.480. The highest BCUT2D eigenvalue weighted by molar-refractivity contribution is 7.15. The molecule has 0 bridgehead atoms. The second kappa shape index (κ2) is 23.2. The number of hydrogen-bond donors (Lipinski definition) is 4. The minimum atomic E-state index is -0.985. The smallest absolute Gasteiger partial charge is 0.246 e. The number of nitrogens with one attached hydrogen (secondary N) is 3. The van der Waals surface area contributed by atoms with Crippen LogP contribution in [0.4, 0.5) is 0 Å². The molecule has 5 atom stereocenters. The van der Waals surface area contributed by atoms with Crippen LogP contribution in [0.25, 0.3) is 15.4 Å². The Bertz CT molecular complexity index is 2680. The van der Waals surface area contributed by atoms with Crippen LogP contribution in [-0.4, -0.2) is 130 Å². The first-order valence-electron chi connectivity index (χ1n) is 23.3. The maximum absolute atomic E-state index is 14.0. The molecule has 7 rings (SSSR count). The van der Waals surface area contributed by atoms with Crippen LogP contribution in [-0.2, 0) is 39.9 Å². The van der Waals surface area contributed by atoms with Crippen molar-refractivity contribution in [3.63, 3.8) is 0 Å². The highest BCUT2D eigenvalue weighted by Crippen LogP contribution is 2.41. The molecule has 3 aromatic heterocycles. The number of aliphatic hydroxyl groups is 1. The molecule has 0 saturated carbocycles. The zero-order valence-electron chi connectivity index (χ0n) is 40.8. The number of aliphatic imine (C=N–C) groups is 1. The highest BCUT2D eigenvalue weighted by atomic mass is 35.5. The van der Waals surface area contributed by atoms with Crippen molar-refractivity contribution in [3.05, 3.63) is 104 Å². The van der Waals surface area contributed by atoms with Crippen molar-refractivity contribution >= 4 is 63.6 Å². The van der Waals surface area contributed by atoms with E-state index in [9.17, 15) is 24.3 Å². The van der Waals surface area contributed by atoms with E-state index in [4.69, 9.17) is 30.8 Å². The number of carbonyl (C=O) groups is 4. The molecule has 374 valence electrons. The van der Waals surface area contributed by atoms with Gasteiger partial charge in [0, 0.05) is 47.1 Å². The number of likely N-dealkylation sites (tertiary alicyclic amines) is 1. The van der Waals surface area contributed by atoms with Gasteiger partial charge in [0.1, 0.15) is 35.6 Å². The van der Waals surface area contributed by atoms with Crippen LogP contribution >= 0.6 is 34.3 Å². The molecule has 20 heteroatoms. The molecule has 2 aromatic carbocycles. The molecule has 17 nitrogen and oxygen atoms in total. The SMILES string of the molecule is Cc1ncsc1-c1ccc(CNC(=O)[C@@H]2C[C@@H](O)CN2C(=O)[C@@H](NC(=O)COCCOCCOCCNC(=O)[C@H](C)[C@@H]2N=C(c3ccc(Cl)cc3)c3c(sc(C)c3C)-n3c(C)nnc32)C(C)(C)C)cc1. The molecule has 4 N–H and O–H groups in total. The lowest BCUT2D eigenvalue weighted by Gasteiger charge is -2.35. The molecule has 0 unspecified atom stereocenters. The summed E-state index contributed by atoms with van der Waals surface area (Å²) >= 11 is 9.47. The minimum absolute atomic E-state index is 0.0289. The summed E-state index contributed by atoms with van der Waals surface area (Å²) in [5.41, 5.74) is 7.75. The summed E-state index contributed by atoms with van der Waals surface area (Å²) in [5.74, 6) is -0.820. The summed E-state index contributed by atoms with van der Waals surface area (Å²) in [5, 5.41) is 29.8. The lowest BCUT2D eigenvalue weighted by atomic mass is 9.85. The molecule has 4 amide bonds. The molecule has 0 aliphatic carbocycles. The maximum Gasteiger partial charge on any atom is 0.246 e. The number of β-amino-alcohol motifs (C(OH)–C–C–N with tert-alkyl or cyclic N) is 1. The number of thiazole rings is 1. The maximum atomic E-state index is 14.0. The quantitative estimate of drug-likeness (QED) is 0.0681. The zero-order valence-corrected chi connectivity index (χ0v) is 43.2. The number of thiophene rings is 1. The third-order valence-electron chi connectivity index (χ3n) is 12.4. The molecule has 2 aliphatic heterocycles. The molecular formula is C50H62ClN9O8S2. The number of rotatable bonds is 20. The van der Waals surface area contributed by atoms with Gasteiger partial charge < -0.3 is 40.2 Å². The van der Waals surface area contributed by atoms with Crippen LogP contribution < -0.4 is 16.0 Å². The van der Waals surface area contributed by atoms with E-state index < -0.39 is 47.4 Å². The Balaban J connectivity index is 0.808. The number of fused-ring (bicyclic) bond motifs is 3. The Labute approximate surface area is 421 Å². The van der Waals surface area contributed by atoms with Crippen LogP contribution in [0.2, 0.25) is 5.02 Å². The molecule has 5 heterocycles. The van der Waals surface area contributed by atoms with Gasteiger partial charge in [0.25, 0.3) is 0 Å². The Morgan fingerprint density at radius 3 is 2.24 bits per heavy atom. The normalized spacial score (nSPS) is 17.5. The first-order chi connectivity index (χ1) is 33.4. The molecule has 0 spiro atoms. The Morgan fingerprint density at radius 1 is 0.900 bits per heavy atom. The minimum Gasteiger partial charge on any atom is -0.391 e. The van der Waals surface area contributed by atoms with Crippen LogP contribution in [0.5, 0.6) is 0 Å². The first kappa shape index (κ1) is 52.4. The number of aromatic nitrogens is 4. The summed E-state index contributed by atoms with van der Waals surface area (Å²) in [6.07, 6.45) is -0.798. The molecular weight excluding hydrogens is 954 g/mol. The van der Waals surface area contributed by atoms with E-state index in [1.54, 1.807) is 22.7 Å². The van der Waals surface area contributed by atoms with E-state index in [-0.39, 0.29) is 77.5 Å². The number of amides is 4. The fourth-order valence-corrected chi connectivity index (χ4v) is 10.6. The van der Waals surface area contributed by atoms with Crippen molar-refractivity contribution in [1.82, 2.24) is 40.6 Å². The van der Waals surface area contributed by atoms with Gasteiger partial charge in [-0.05, 0) is 61.9 Å².